The lowest BCUT2D eigenvalue weighted by Crippen LogP contribution is -2.22. The number of halogens is 1. The minimum atomic E-state index is -0.0413. The van der Waals surface area contributed by atoms with Crippen LogP contribution in [0.2, 0.25) is 0 Å². The minimum absolute atomic E-state index is 0.0413. The molecular weight excluding hydrogens is 304 g/mol. The molecule has 0 aliphatic carbocycles. The highest BCUT2D eigenvalue weighted by Gasteiger charge is 2.06. The molecular formula is C15H17BrN2O. The summed E-state index contributed by atoms with van der Waals surface area (Å²) < 4.78 is 2.15. The fourth-order valence-corrected chi connectivity index (χ4v) is 2.19. The Morgan fingerprint density at radius 3 is 2.47 bits per heavy atom. The summed E-state index contributed by atoms with van der Waals surface area (Å²) in [5.41, 5.74) is 3.08. The van der Waals surface area contributed by atoms with Gasteiger partial charge in [-0.15, -0.1) is 0 Å². The van der Waals surface area contributed by atoms with E-state index in [9.17, 15) is 4.79 Å². The lowest BCUT2D eigenvalue weighted by atomic mass is 10.0. The molecule has 0 aliphatic rings. The van der Waals surface area contributed by atoms with Crippen molar-refractivity contribution in [1.29, 1.82) is 0 Å². The standard InChI is InChI=1S/C15H17BrN2O/c1-10(2)13-6-4-12(5-7-13)8-18-9-17-11(3)14(16)15(18)19/h4-7,9-10H,8H2,1-3H3. The fraction of sp³-hybridized carbons (Fsp3) is 0.333. The Hall–Kier alpha value is -1.42. The SMILES string of the molecule is Cc1ncn(Cc2ccc(C(C)C)cc2)c(=O)c1Br. The summed E-state index contributed by atoms with van der Waals surface area (Å²) in [6.07, 6.45) is 1.60. The van der Waals surface area contributed by atoms with Crippen LogP contribution < -0.4 is 5.56 Å². The van der Waals surface area contributed by atoms with Crippen LogP contribution in [0.25, 0.3) is 0 Å². The molecule has 4 heteroatoms. The monoisotopic (exact) mass is 320 g/mol. The first kappa shape index (κ1) is 14.0. The lowest BCUT2D eigenvalue weighted by molar-refractivity contribution is 0.723. The maximum Gasteiger partial charge on any atom is 0.268 e. The summed E-state index contributed by atoms with van der Waals surface area (Å²) in [6, 6.07) is 8.36. The molecule has 0 atom stereocenters. The molecule has 0 saturated carbocycles. The van der Waals surface area contributed by atoms with Crippen LogP contribution >= 0.6 is 15.9 Å². The second kappa shape index (κ2) is 5.70. The van der Waals surface area contributed by atoms with Crippen molar-refractivity contribution in [2.45, 2.75) is 33.2 Å². The molecule has 1 heterocycles. The van der Waals surface area contributed by atoms with Crippen molar-refractivity contribution in [2.24, 2.45) is 0 Å². The predicted octanol–water partition coefficient (Wildman–Crippen LogP) is 3.49. The second-order valence-electron chi connectivity index (χ2n) is 4.97. The van der Waals surface area contributed by atoms with E-state index in [4.69, 9.17) is 0 Å². The molecule has 1 aromatic carbocycles. The summed E-state index contributed by atoms with van der Waals surface area (Å²) in [7, 11) is 0. The van der Waals surface area contributed by atoms with Gasteiger partial charge in [0.25, 0.3) is 5.56 Å². The average molecular weight is 321 g/mol. The zero-order chi connectivity index (χ0) is 14.0. The van der Waals surface area contributed by atoms with E-state index in [2.05, 4.69) is 59.0 Å². The first-order chi connectivity index (χ1) is 8.99. The summed E-state index contributed by atoms with van der Waals surface area (Å²) in [5, 5.41) is 0. The highest BCUT2D eigenvalue weighted by atomic mass is 79.9. The van der Waals surface area contributed by atoms with Crippen molar-refractivity contribution in [1.82, 2.24) is 9.55 Å². The highest BCUT2D eigenvalue weighted by molar-refractivity contribution is 9.10. The van der Waals surface area contributed by atoms with Crippen LogP contribution in [0.1, 0.15) is 36.6 Å². The molecule has 0 fully saturated rings. The summed E-state index contributed by atoms with van der Waals surface area (Å²) >= 11 is 3.28. The Kier molecular flexibility index (Phi) is 4.20. The van der Waals surface area contributed by atoms with Gasteiger partial charge in [0.15, 0.2) is 0 Å². The van der Waals surface area contributed by atoms with Crippen molar-refractivity contribution in [3.8, 4) is 0 Å². The quantitative estimate of drug-likeness (QED) is 0.867. The van der Waals surface area contributed by atoms with Crippen LogP contribution in [0.4, 0.5) is 0 Å². The summed E-state index contributed by atoms with van der Waals surface area (Å²) in [5.74, 6) is 0.520. The van der Waals surface area contributed by atoms with Gasteiger partial charge in [0.05, 0.1) is 18.6 Å². The predicted molar refractivity (Wildman–Crippen MR) is 80.6 cm³/mol. The van der Waals surface area contributed by atoms with E-state index in [0.29, 0.717) is 16.9 Å². The molecule has 0 N–H and O–H groups in total. The molecule has 0 spiro atoms. The van der Waals surface area contributed by atoms with Gasteiger partial charge in [-0.3, -0.25) is 9.36 Å². The molecule has 0 amide bonds. The number of hydrogen-bond acceptors (Lipinski definition) is 2. The Morgan fingerprint density at radius 2 is 1.89 bits per heavy atom. The summed E-state index contributed by atoms with van der Waals surface area (Å²) in [4.78, 5) is 16.2. The van der Waals surface area contributed by atoms with Gasteiger partial charge in [-0.1, -0.05) is 38.1 Å². The van der Waals surface area contributed by atoms with Crippen LogP contribution in [0.15, 0.2) is 39.9 Å². The molecule has 1 aromatic heterocycles. The molecule has 2 rings (SSSR count). The highest BCUT2D eigenvalue weighted by Crippen LogP contribution is 2.15. The zero-order valence-electron chi connectivity index (χ0n) is 11.4. The van der Waals surface area contributed by atoms with Crippen LogP contribution in [-0.2, 0) is 6.54 Å². The number of aromatic nitrogens is 2. The Bertz CT molecular complexity index is 630. The van der Waals surface area contributed by atoms with Gasteiger partial charge in [-0.05, 0) is 39.9 Å². The van der Waals surface area contributed by atoms with Gasteiger partial charge >= 0.3 is 0 Å². The van der Waals surface area contributed by atoms with Crippen LogP contribution in [0.3, 0.4) is 0 Å². The van der Waals surface area contributed by atoms with Crippen molar-refractivity contribution >= 4 is 15.9 Å². The largest absolute Gasteiger partial charge is 0.294 e. The number of benzene rings is 1. The van der Waals surface area contributed by atoms with Crippen molar-refractivity contribution in [2.75, 3.05) is 0 Å². The van der Waals surface area contributed by atoms with E-state index in [1.807, 2.05) is 6.92 Å². The molecule has 100 valence electrons. The molecule has 3 nitrogen and oxygen atoms in total. The molecule has 0 bridgehead atoms. The third kappa shape index (κ3) is 3.13. The van der Waals surface area contributed by atoms with E-state index in [-0.39, 0.29) is 5.56 Å². The van der Waals surface area contributed by atoms with Gasteiger partial charge in [0.2, 0.25) is 0 Å². The fourth-order valence-electron chi connectivity index (χ4n) is 1.86. The first-order valence-electron chi connectivity index (χ1n) is 6.29. The normalized spacial score (nSPS) is 11.0. The third-order valence-corrected chi connectivity index (χ3v) is 4.07. The first-order valence-corrected chi connectivity index (χ1v) is 7.08. The van der Waals surface area contributed by atoms with Gasteiger partial charge in [-0.25, -0.2) is 4.98 Å². The topological polar surface area (TPSA) is 34.9 Å². The van der Waals surface area contributed by atoms with Crippen LogP contribution in [0.5, 0.6) is 0 Å². The molecule has 0 saturated heterocycles. The Morgan fingerprint density at radius 1 is 1.26 bits per heavy atom. The number of nitrogens with zero attached hydrogens (tertiary/aromatic N) is 2. The number of aryl methyl sites for hydroxylation is 1. The van der Waals surface area contributed by atoms with Gasteiger partial charge in [0, 0.05) is 0 Å². The lowest BCUT2D eigenvalue weighted by Gasteiger charge is -2.09. The second-order valence-corrected chi connectivity index (χ2v) is 5.77. The number of rotatable bonds is 3. The third-order valence-electron chi connectivity index (χ3n) is 3.16. The van der Waals surface area contributed by atoms with Crippen molar-refractivity contribution < 1.29 is 0 Å². The molecule has 2 aromatic rings. The van der Waals surface area contributed by atoms with E-state index in [1.54, 1.807) is 10.9 Å². The van der Waals surface area contributed by atoms with Crippen molar-refractivity contribution in [3.05, 3.63) is 62.2 Å². The van der Waals surface area contributed by atoms with E-state index >= 15 is 0 Å². The van der Waals surface area contributed by atoms with Gasteiger partial charge in [0.1, 0.15) is 4.47 Å². The van der Waals surface area contributed by atoms with Crippen LogP contribution in [0, 0.1) is 6.92 Å². The number of hydrogen-bond donors (Lipinski definition) is 0. The van der Waals surface area contributed by atoms with Crippen molar-refractivity contribution in [3.63, 3.8) is 0 Å². The zero-order valence-corrected chi connectivity index (χ0v) is 12.9. The van der Waals surface area contributed by atoms with E-state index in [0.717, 1.165) is 11.3 Å². The Labute approximate surface area is 121 Å². The maximum absolute atomic E-state index is 12.0. The molecule has 19 heavy (non-hydrogen) atoms. The molecule has 0 radical (unpaired) electrons. The van der Waals surface area contributed by atoms with E-state index in [1.165, 1.54) is 5.56 Å². The maximum atomic E-state index is 12.0. The molecule has 0 unspecified atom stereocenters. The van der Waals surface area contributed by atoms with Crippen LogP contribution in [-0.4, -0.2) is 9.55 Å². The Balaban J connectivity index is 2.27. The smallest absolute Gasteiger partial charge is 0.268 e. The van der Waals surface area contributed by atoms with Gasteiger partial charge in [-0.2, -0.15) is 0 Å². The summed E-state index contributed by atoms with van der Waals surface area (Å²) in [6.45, 7) is 6.69. The molecule has 0 aliphatic heterocycles. The average Bonchev–Trinajstić information content (AvgIpc) is 2.40. The van der Waals surface area contributed by atoms with E-state index < -0.39 is 0 Å². The minimum Gasteiger partial charge on any atom is -0.294 e. The van der Waals surface area contributed by atoms with Gasteiger partial charge < -0.3 is 0 Å².